The number of rotatable bonds is 10. The lowest BCUT2D eigenvalue weighted by Gasteiger charge is -2.19. The maximum Gasteiger partial charge on any atom is 0.227 e. The summed E-state index contributed by atoms with van der Waals surface area (Å²) in [7, 11) is 0. The van der Waals surface area contributed by atoms with Crippen molar-refractivity contribution in [1.82, 2.24) is 10.2 Å². The van der Waals surface area contributed by atoms with Crippen LogP contribution in [0.2, 0.25) is 0 Å². The Balaban J connectivity index is 2.03. The number of carbonyl (C=O) groups excluding carboxylic acids is 2. The molecule has 1 unspecified atom stereocenters. The van der Waals surface area contributed by atoms with Crippen molar-refractivity contribution in [3.05, 3.63) is 71.3 Å². The van der Waals surface area contributed by atoms with Gasteiger partial charge in [-0.05, 0) is 38.5 Å². The van der Waals surface area contributed by atoms with Crippen molar-refractivity contribution in [2.75, 3.05) is 26.2 Å². The number of nitrogens with zero attached hydrogens (tertiary/aromatic N) is 1. The lowest BCUT2D eigenvalue weighted by Crippen LogP contribution is -2.32. The van der Waals surface area contributed by atoms with Crippen LogP contribution in [0.1, 0.15) is 54.6 Å². The van der Waals surface area contributed by atoms with Crippen molar-refractivity contribution in [1.29, 1.82) is 0 Å². The number of benzene rings is 2. The van der Waals surface area contributed by atoms with Gasteiger partial charge in [0, 0.05) is 17.7 Å². The molecule has 1 N–H and O–H groups in total. The summed E-state index contributed by atoms with van der Waals surface area (Å²) >= 11 is 0. The molecule has 0 bridgehead atoms. The first-order valence-corrected chi connectivity index (χ1v) is 9.77. The fraction of sp³-hybridized carbons (Fsp3) is 0.391. The average Bonchev–Trinajstić information content (AvgIpc) is 2.73. The molecule has 1 amide bonds. The molecule has 0 saturated carbocycles. The van der Waals surface area contributed by atoms with E-state index in [0.717, 1.165) is 31.6 Å². The van der Waals surface area contributed by atoms with Gasteiger partial charge in [-0.15, -0.1) is 0 Å². The molecule has 0 aromatic heterocycles. The third-order valence-corrected chi connectivity index (χ3v) is 4.95. The molecule has 1 atom stereocenters. The van der Waals surface area contributed by atoms with Gasteiger partial charge in [-0.3, -0.25) is 9.59 Å². The molecule has 0 fully saturated rings. The number of hydrogen-bond acceptors (Lipinski definition) is 3. The highest BCUT2D eigenvalue weighted by molar-refractivity contribution is 6.10. The lowest BCUT2D eigenvalue weighted by molar-refractivity contribution is -0.122. The van der Waals surface area contributed by atoms with Crippen molar-refractivity contribution in [3.63, 3.8) is 0 Å². The highest BCUT2D eigenvalue weighted by Gasteiger charge is 2.21. The number of carbonyl (C=O) groups is 2. The van der Waals surface area contributed by atoms with Gasteiger partial charge in [0.05, 0.1) is 5.92 Å². The molecule has 4 heteroatoms. The summed E-state index contributed by atoms with van der Waals surface area (Å²) in [6.45, 7) is 9.82. The Kier molecular flexibility index (Phi) is 8.21. The van der Waals surface area contributed by atoms with E-state index >= 15 is 0 Å². The minimum atomic E-state index is -0.373. The molecule has 2 aromatic carbocycles. The van der Waals surface area contributed by atoms with Gasteiger partial charge in [-0.1, -0.05) is 68.4 Å². The van der Waals surface area contributed by atoms with Crippen molar-refractivity contribution < 1.29 is 9.59 Å². The second-order valence-corrected chi connectivity index (χ2v) is 6.68. The maximum absolute atomic E-state index is 12.9. The predicted octanol–water partition coefficient (Wildman–Crippen LogP) is 3.87. The average molecular weight is 367 g/mol. The highest BCUT2D eigenvalue weighted by atomic mass is 16.2. The van der Waals surface area contributed by atoms with Crippen molar-refractivity contribution in [3.8, 4) is 0 Å². The van der Waals surface area contributed by atoms with Crippen LogP contribution in [0, 0.1) is 0 Å². The number of nitrogens with one attached hydrogen (secondary N) is 1. The third-order valence-electron chi connectivity index (χ3n) is 4.95. The summed E-state index contributed by atoms with van der Waals surface area (Å²) in [5.74, 6) is -0.461. The summed E-state index contributed by atoms with van der Waals surface area (Å²) in [6.07, 6.45) is 0.921. The van der Waals surface area contributed by atoms with Crippen LogP contribution >= 0.6 is 0 Å². The second kappa shape index (κ2) is 10.6. The summed E-state index contributed by atoms with van der Waals surface area (Å²) in [6, 6.07) is 16.6. The minimum absolute atomic E-state index is 0.0390. The van der Waals surface area contributed by atoms with Gasteiger partial charge in [0.1, 0.15) is 0 Å². The standard InChI is InChI=1S/C23H30N2O2/c1-4-25(5-2)17-11-16-24-23(27)18(3)20-14-9-10-15-21(20)22(26)19-12-7-6-8-13-19/h6-10,12-15,18H,4-5,11,16-17H2,1-3H3,(H,24,27). The smallest absolute Gasteiger partial charge is 0.227 e. The van der Waals surface area contributed by atoms with E-state index in [1.807, 2.05) is 43.3 Å². The van der Waals surface area contributed by atoms with Gasteiger partial charge in [0.25, 0.3) is 0 Å². The largest absolute Gasteiger partial charge is 0.356 e. The van der Waals surface area contributed by atoms with E-state index < -0.39 is 0 Å². The van der Waals surface area contributed by atoms with Crippen molar-refractivity contribution in [2.45, 2.75) is 33.1 Å². The van der Waals surface area contributed by atoms with E-state index in [4.69, 9.17) is 0 Å². The van der Waals surface area contributed by atoms with Gasteiger partial charge in [0.2, 0.25) is 5.91 Å². The quantitative estimate of drug-likeness (QED) is 0.513. The van der Waals surface area contributed by atoms with Crippen LogP contribution < -0.4 is 5.32 Å². The molecule has 2 rings (SSSR count). The first-order chi connectivity index (χ1) is 13.1. The van der Waals surface area contributed by atoms with Crippen LogP contribution in [0.25, 0.3) is 0 Å². The molecule has 0 heterocycles. The zero-order valence-corrected chi connectivity index (χ0v) is 16.6. The Labute approximate surface area is 162 Å². The molecular formula is C23H30N2O2. The Bertz CT molecular complexity index is 739. The van der Waals surface area contributed by atoms with Gasteiger partial charge in [-0.25, -0.2) is 0 Å². The summed E-state index contributed by atoms with van der Waals surface area (Å²) in [5, 5.41) is 3.01. The predicted molar refractivity (Wildman–Crippen MR) is 110 cm³/mol. The third kappa shape index (κ3) is 5.76. The number of hydrogen-bond donors (Lipinski definition) is 1. The Morgan fingerprint density at radius 2 is 1.59 bits per heavy atom. The molecule has 4 nitrogen and oxygen atoms in total. The first-order valence-electron chi connectivity index (χ1n) is 9.77. The van der Waals surface area contributed by atoms with Crippen molar-refractivity contribution >= 4 is 11.7 Å². The lowest BCUT2D eigenvalue weighted by atomic mass is 9.90. The zero-order chi connectivity index (χ0) is 19.6. The number of amides is 1. The molecule has 0 saturated heterocycles. The van der Waals surface area contributed by atoms with Crippen LogP contribution in [-0.4, -0.2) is 42.8 Å². The van der Waals surface area contributed by atoms with E-state index in [9.17, 15) is 9.59 Å². The SMILES string of the molecule is CCN(CC)CCCNC(=O)C(C)c1ccccc1C(=O)c1ccccc1. The van der Waals surface area contributed by atoms with Crippen LogP contribution in [0.15, 0.2) is 54.6 Å². The molecule has 0 aliphatic carbocycles. The molecule has 0 spiro atoms. The summed E-state index contributed by atoms with van der Waals surface area (Å²) in [5.41, 5.74) is 2.00. The minimum Gasteiger partial charge on any atom is -0.356 e. The fourth-order valence-electron chi connectivity index (χ4n) is 3.17. The molecule has 0 radical (unpaired) electrons. The summed E-state index contributed by atoms with van der Waals surface area (Å²) in [4.78, 5) is 27.8. The molecule has 0 aliphatic rings. The monoisotopic (exact) mass is 366 g/mol. The van der Waals surface area contributed by atoms with Gasteiger partial charge in [-0.2, -0.15) is 0 Å². The maximum atomic E-state index is 12.9. The van der Waals surface area contributed by atoms with E-state index in [-0.39, 0.29) is 17.6 Å². The number of ketones is 1. The molecule has 2 aromatic rings. The van der Waals surface area contributed by atoms with Gasteiger partial charge in [0.15, 0.2) is 5.78 Å². The zero-order valence-electron chi connectivity index (χ0n) is 16.6. The van der Waals surface area contributed by atoms with Gasteiger partial charge >= 0.3 is 0 Å². The van der Waals surface area contributed by atoms with Crippen LogP contribution in [0.3, 0.4) is 0 Å². The van der Waals surface area contributed by atoms with Crippen LogP contribution in [0.5, 0.6) is 0 Å². The molecule has 27 heavy (non-hydrogen) atoms. The Morgan fingerprint density at radius 1 is 0.963 bits per heavy atom. The Hall–Kier alpha value is -2.46. The Morgan fingerprint density at radius 3 is 2.26 bits per heavy atom. The van der Waals surface area contributed by atoms with E-state index in [1.165, 1.54) is 0 Å². The van der Waals surface area contributed by atoms with Crippen LogP contribution in [0.4, 0.5) is 0 Å². The van der Waals surface area contributed by atoms with E-state index in [0.29, 0.717) is 17.7 Å². The first kappa shape index (κ1) is 20.8. The normalized spacial score (nSPS) is 12.0. The van der Waals surface area contributed by atoms with E-state index in [2.05, 4.69) is 24.1 Å². The summed E-state index contributed by atoms with van der Waals surface area (Å²) < 4.78 is 0. The second-order valence-electron chi connectivity index (χ2n) is 6.68. The molecular weight excluding hydrogens is 336 g/mol. The van der Waals surface area contributed by atoms with Crippen molar-refractivity contribution in [2.24, 2.45) is 0 Å². The fourth-order valence-corrected chi connectivity index (χ4v) is 3.17. The molecule has 144 valence electrons. The van der Waals surface area contributed by atoms with E-state index in [1.54, 1.807) is 18.2 Å². The van der Waals surface area contributed by atoms with Gasteiger partial charge < -0.3 is 10.2 Å². The topological polar surface area (TPSA) is 49.4 Å². The van der Waals surface area contributed by atoms with Crippen LogP contribution in [-0.2, 0) is 4.79 Å². The highest BCUT2D eigenvalue weighted by Crippen LogP contribution is 2.23. The molecule has 0 aliphatic heterocycles.